The molecule has 110 valence electrons. The van der Waals surface area contributed by atoms with Gasteiger partial charge in [0.25, 0.3) is 0 Å². The molecule has 7 nitrogen and oxygen atoms in total. The SMILES string of the molecule is O=C1CCC(NC(=O)CC2CCCCC(=O)N2)C(=O)N1. The molecule has 0 aromatic carbocycles. The zero-order chi connectivity index (χ0) is 14.5. The molecular formula is C13H19N3O4. The maximum atomic E-state index is 11.9. The fourth-order valence-corrected chi connectivity index (χ4v) is 2.51. The summed E-state index contributed by atoms with van der Waals surface area (Å²) in [5, 5.41) is 7.62. The van der Waals surface area contributed by atoms with E-state index in [2.05, 4.69) is 16.0 Å². The molecule has 0 aliphatic carbocycles. The normalized spacial score (nSPS) is 27.3. The number of hydrogen-bond acceptors (Lipinski definition) is 4. The van der Waals surface area contributed by atoms with Crippen LogP contribution in [0.5, 0.6) is 0 Å². The first-order valence-electron chi connectivity index (χ1n) is 6.97. The van der Waals surface area contributed by atoms with Crippen molar-refractivity contribution in [3.63, 3.8) is 0 Å². The third kappa shape index (κ3) is 4.04. The van der Waals surface area contributed by atoms with E-state index in [9.17, 15) is 19.2 Å². The smallest absolute Gasteiger partial charge is 0.249 e. The number of carbonyl (C=O) groups excluding carboxylic acids is 4. The van der Waals surface area contributed by atoms with Crippen LogP contribution in [-0.2, 0) is 19.2 Å². The molecule has 2 aliphatic rings. The highest BCUT2D eigenvalue weighted by molar-refractivity contribution is 6.01. The molecule has 0 spiro atoms. The summed E-state index contributed by atoms with van der Waals surface area (Å²) < 4.78 is 0. The van der Waals surface area contributed by atoms with Crippen LogP contribution >= 0.6 is 0 Å². The molecule has 4 amide bonds. The predicted octanol–water partition coefficient (Wildman–Crippen LogP) is -0.643. The van der Waals surface area contributed by atoms with Crippen LogP contribution in [0.2, 0.25) is 0 Å². The fraction of sp³-hybridized carbons (Fsp3) is 0.692. The molecule has 2 atom stereocenters. The number of piperidine rings is 1. The molecule has 0 radical (unpaired) electrons. The average Bonchev–Trinajstić information content (AvgIpc) is 2.57. The van der Waals surface area contributed by atoms with Gasteiger partial charge in [0.05, 0.1) is 0 Å². The van der Waals surface area contributed by atoms with Gasteiger partial charge in [-0.1, -0.05) is 6.42 Å². The van der Waals surface area contributed by atoms with Crippen molar-refractivity contribution >= 4 is 23.6 Å². The summed E-state index contributed by atoms with van der Waals surface area (Å²) in [7, 11) is 0. The molecule has 20 heavy (non-hydrogen) atoms. The topological polar surface area (TPSA) is 104 Å². The number of amides is 4. The van der Waals surface area contributed by atoms with E-state index in [1.807, 2.05) is 0 Å². The minimum Gasteiger partial charge on any atom is -0.353 e. The monoisotopic (exact) mass is 281 g/mol. The highest BCUT2D eigenvalue weighted by Gasteiger charge is 2.28. The second kappa shape index (κ2) is 6.49. The summed E-state index contributed by atoms with van der Waals surface area (Å²) in [5.74, 6) is -1.07. The number of nitrogens with one attached hydrogen (secondary N) is 3. The Balaban J connectivity index is 1.81. The van der Waals surface area contributed by atoms with Crippen molar-refractivity contribution in [2.24, 2.45) is 0 Å². The molecule has 0 aromatic rings. The lowest BCUT2D eigenvalue weighted by atomic mass is 10.0. The maximum Gasteiger partial charge on any atom is 0.249 e. The molecule has 7 heteroatoms. The van der Waals surface area contributed by atoms with Gasteiger partial charge in [-0.05, 0) is 19.3 Å². The van der Waals surface area contributed by atoms with Crippen LogP contribution in [0.1, 0.15) is 44.9 Å². The Morgan fingerprint density at radius 2 is 1.90 bits per heavy atom. The highest BCUT2D eigenvalue weighted by Crippen LogP contribution is 2.12. The zero-order valence-electron chi connectivity index (χ0n) is 11.2. The Kier molecular flexibility index (Phi) is 4.70. The van der Waals surface area contributed by atoms with Crippen molar-refractivity contribution in [1.29, 1.82) is 0 Å². The van der Waals surface area contributed by atoms with Gasteiger partial charge in [-0.3, -0.25) is 24.5 Å². The Morgan fingerprint density at radius 3 is 2.65 bits per heavy atom. The van der Waals surface area contributed by atoms with E-state index >= 15 is 0 Å². The van der Waals surface area contributed by atoms with E-state index < -0.39 is 11.9 Å². The van der Waals surface area contributed by atoms with Gasteiger partial charge in [0, 0.05) is 25.3 Å². The molecule has 2 saturated heterocycles. The second-order valence-electron chi connectivity index (χ2n) is 5.29. The van der Waals surface area contributed by atoms with Crippen molar-refractivity contribution in [3.8, 4) is 0 Å². The Bertz CT molecular complexity index is 435. The first-order valence-corrected chi connectivity index (χ1v) is 6.97. The lowest BCUT2D eigenvalue weighted by Gasteiger charge is -2.23. The van der Waals surface area contributed by atoms with Crippen molar-refractivity contribution in [2.45, 2.75) is 57.0 Å². The van der Waals surface area contributed by atoms with Crippen LogP contribution in [0.25, 0.3) is 0 Å². The third-order valence-electron chi connectivity index (χ3n) is 3.58. The van der Waals surface area contributed by atoms with Gasteiger partial charge < -0.3 is 10.6 Å². The summed E-state index contributed by atoms with van der Waals surface area (Å²) in [6, 6.07) is -0.819. The van der Waals surface area contributed by atoms with Gasteiger partial charge in [-0.15, -0.1) is 0 Å². The summed E-state index contributed by atoms with van der Waals surface area (Å²) in [4.78, 5) is 45.8. The maximum absolute atomic E-state index is 11.9. The minimum absolute atomic E-state index is 0.0266. The van der Waals surface area contributed by atoms with Crippen LogP contribution in [0, 0.1) is 0 Å². The van der Waals surface area contributed by atoms with Crippen LogP contribution in [0.15, 0.2) is 0 Å². The molecule has 0 saturated carbocycles. The van der Waals surface area contributed by atoms with Gasteiger partial charge in [-0.2, -0.15) is 0 Å². The van der Waals surface area contributed by atoms with E-state index in [4.69, 9.17) is 0 Å². The minimum atomic E-state index is -0.651. The van der Waals surface area contributed by atoms with E-state index in [-0.39, 0.29) is 36.6 Å². The molecule has 2 aliphatic heterocycles. The molecule has 2 heterocycles. The lowest BCUT2D eigenvalue weighted by Crippen LogP contribution is -2.53. The predicted molar refractivity (Wildman–Crippen MR) is 69.3 cm³/mol. The number of hydrogen-bond donors (Lipinski definition) is 3. The highest BCUT2D eigenvalue weighted by atomic mass is 16.2. The Morgan fingerprint density at radius 1 is 1.10 bits per heavy atom. The molecule has 0 aromatic heterocycles. The molecule has 0 bridgehead atoms. The van der Waals surface area contributed by atoms with Gasteiger partial charge in [-0.25, -0.2) is 0 Å². The van der Waals surface area contributed by atoms with E-state index in [1.54, 1.807) is 0 Å². The van der Waals surface area contributed by atoms with E-state index in [0.29, 0.717) is 12.8 Å². The summed E-state index contributed by atoms with van der Waals surface area (Å²) in [5.41, 5.74) is 0. The van der Waals surface area contributed by atoms with Crippen LogP contribution < -0.4 is 16.0 Å². The van der Waals surface area contributed by atoms with Gasteiger partial charge in [0.1, 0.15) is 6.04 Å². The first-order chi connectivity index (χ1) is 9.54. The molecule has 3 N–H and O–H groups in total. The quantitative estimate of drug-likeness (QED) is 0.598. The zero-order valence-corrected chi connectivity index (χ0v) is 11.2. The fourth-order valence-electron chi connectivity index (χ4n) is 2.51. The van der Waals surface area contributed by atoms with Crippen LogP contribution in [0.4, 0.5) is 0 Å². The van der Waals surface area contributed by atoms with Gasteiger partial charge in [0.15, 0.2) is 0 Å². The van der Waals surface area contributed by atoms with Crippen LogP contribution in [-0.4, -0.2) is 35.7 Å². The number of imide groups is 1. The van der Waals surface area contributed by atoms with Gasteiger partial charge in [0.2, 0.25) is 23.6 Å². The third-order valence-corrected chi connectivity index (χ3v) is 3.58. The Labute approximate surface area is 116 Å². The summed E-state index contributed by atoms with van der Waals surface area (Å²) >= 11 is 0. The number of carbonyl (C=O) groups is 4. The van der Waals surface area contributed by atoms with Crippen LogP contribution in [0.3, 0.4) is 0 Å². The van der Waals surface area contributed by atoms with E-state index in [1.165, 1.54) is 0 Å². The van der Waals surface area contributed by atoms with Crippen molar-refractivity contribution in [1.82, 2.24) is 16.0 Å². The molecule has 2 unspecified atom stereocenters. The lowest BCUT2D eigenvalue weighted by molar-refractivity contribution is -0.137. The molecule has 2 rings (SSSR count). The average molecular weight is 281 g/mol. The van der Waals surface area contributed by atoms with E-state index in [0.717, 1.165) is 19.3 Å². The summed E-state index contributed by atoms with van der Waals surface area (Å²) in [6.45, 7) is 0. The van der Waals surface area contributed by atoms with Gasteiger partial charge >= 0.3 is 0 Å². The van der Waals surface area contributed by atoms with Crippen molar-refractivity contribution in [2.75, 3.05) is 0 Å². The largest absolute Gasteiger partial charge is 0.353 e. The Hall–Kier alpha value is -1.92. The second-order valence-corrected chi connectivity index (χ2v) is 5.29. The summed E-state index contributed by atoms with van der Waals surface area (Å²) in [6.07, 6.45) is 3.76. The number of rotatable bonds is 3. The van der Waals surface area contributed by atoms with Crippen molar-refractivity contribution in [3.05, 3.63) is 0 Å². The molecular weight excluding hydrogens is 262 g/mol. The first kappa shape index (κ1) is 14.5. The standard InChI is InChI=1S/C13H19N3O4/c17-10-4-2-1-3-8(14-10)7-12(19)15-9-5-6-11(18)16-13(9)20/h8-9H,1-7H2,(H,14,17)(H,15,19)(H,16,18,20). The molecule has 2 fully saturated rings. The van der Waals surface area contributed by atoms with Crippen molar-refractivity contribution < 1.29 is 19.2 Å².